The Morgan fingerprint density at radius 3 is 2.15 bits per heavy atom. The van der Waals surface area contributed by atoms with Gasteiger partial charge < -0.3 is 18.9 Å². The minimum Gasteiger partial charge on any atom is -0.408 e. The fourth-order valence-electron chi connectivity index (χ4n) is 6.10. The zero-order chi connectivity index (χ0) is 29.3. The van der Waals surface area contributed by atoms with Crippen molar-refractivity contribution in [2.24, 2.45) is 11.8 Å². The number of rotatable bonds is 8. The predicted molar refractivity (Wildman–Crippen MR) is 167 cm³/mol. The van der Waals surface area contributed by atoms with Crippen molar-refractivity contribution >= 4 is 45.2 Å². The van der Waals surface area contributed by atoms with Crippen molar-refractivity contribution in [3.8, 4) is 0 Å². The average Bonchev–Trinajstić information content (AvgIpc) is 3.62. The lowest BCUT2D eigenvalue weighted by Crippen LogP contribution is -2.53. The van der Waals surface area contributed by atoms with Crippen molar-refractivity contribution in [3.63, 3.8) is 0 Å². The lowest BCUT2D eigenvalue weighted by atomic mass is 9.95. The first-order valence-electron chi connectivity index (χ1n) is 15.0. The van der Waals surface area contributed by atoms with Crippen LogP contribution < -0.4 is 5.32 Å². The molecule has 2 aliphatic carbocycles. The van der Waals surface area contributed by atoms with E-state index in [9.17, 15) is 0 Å². The van der Waals surface area contributed by atoms with E-state index in [2.05, 4.69) is 78.0 Å². The number of hydrogen-bond donors (Lipinski definition) is 1. The molecule has 8 nitrogen and oxygen atoms in total. The summed E-state index contributed by atoms with van der Waals surface area (Å²) in [7, 11) is -4.37. The molecule has 5 rings (SSSR count). The summed E-state index contributed by atoms with van der Waals surface area (Å²) < 4.78 is 23.0. The molecular weight excluding hydrogens is 558 g/mol. The number of halogens is 1. The van der Waals surface area contributed by atoms with Crippen LogP contribution in [0.15, 0.2) is 12.7 Å². The summed E-state index contributed by atoms with van der Waals surface area (Å²) in [5.41, 5.74) is 1.52. The highest BCUT2D eigenvalue weighted by atomic mass is 35.5. The number of imidazole rings is 1. The largest absolute Gasteiger partial charge is 0.408 e. The van der Waals surface area contributed by atoms with E-state index >= 15 is 0 Å². The van der Waals surface area contributed by atoms with Gasteiger partial charge in [0.25, 0.3) is 0 Å². The van der Waals surface area contributed by atoms with Crippen LogP contribution in [-0.4, -0.2) is 66.4 Å². The monoisotopic (exact) mass is 607 g/mol. The van der Waals surface area contributed by atoms with Crippen LogP contribution in [-0.2, 0) is 13.6 Å². The Morgan fingerprint density at radius 2 is 1.60 bits per heavy atom. The number of nitrogens with zero attached hydrogens (tertiary/aromatic N) is 4. The van der Waals surface area contributed by atoms with Crippen LogP contribution in [0.3, 0.4) is 0 Å². The summed E-state index contributed by atoms with van der Waals surface area (Å²) in [5, 5.41) is 3.80. The molecule has 2 aromatic heterocycles. The van der Waals surface area contributed by atoms with Gasteiger partial charge in [-0.25, -0.2) is 15.0 Å². The summed E-state index contributed by atoms with van der Waals surface area (Å²) in [6, 6.07) is 0.461. The molecule has 2 bridgehead atoms. The summed E-state index contributed by atoms with van der Waals surface area (Å²) in [6.07, 6.45) is 7.30. The van der Waals surface area contributed by atoms with Crippen LogP contribution in [0.1, 0.15) is 73.5 Å². The summed E-state index contributed by atoms with van der Waals surface area (Å²) in [6.45, 7) is 22.7. The van der Waals surface area contributed by atoms with Crippen molar-refractivity contribution in [1.29, 1.82) is 0 Å². The molecule has 7 atom stereocenters. The molecule has 2 aromatic rings. The van der Waals surface area contributed by atoms with Crippen LogP contribution in [0.4, 0.5) is 5.82 Å². The van der Waals surface area contributed by atoms with E-state index in [1.165, 1.54) is 25.7 Å². The third-order valence-corrected chi connectivity index (χ3v) is 19.9. The smallest absolute Gasteiger partial charge is 0.192 e. The Morgan fingerprint density at radius 1 is 0.950 bits per heavy atom. The Bertz CT molecular complexity index is 1210. The van der Waals surface area contributed by atoms with Crippen molar-refractivity contribution < 1.29 is 13.6 Å². The molecule has 2 saturated carbocycles. The van der Waals surface area contributed by atoms with E-state index in [1.54, 1.807) is 6.33 Å². The van der Waals surface area contributed by atoms with Crippen molar-refractivity contribution in [2.45, 2.75) is 134 Å². The lowest BCUT2D eigenvalue weighted by molar-refractivity contribution is -0.0250. The van der Waals surface area contributed by atoms with Crippen LogP contribution in [0.2, 0.25) is 36.3 Å². The van der Waals surface area contributed by atoms with Crippen molar-refractivity contribution in [3.05, 3.63) is 12.7 Å². The second kappa shape index (κ2) is 10.6. The molecule has 40 heavy (non-hydrogen) atoms. The average molecular weight is 608 g/mol. The van der Waals surface area contributed by atoms with Gasteiger partial charge in [0.2, 0.25) is 0 Å². The van der Waals surface area contributed by atoms with E-state index in [4.69, 9.17) is 35.2 Å². The number of alkyl halides is 1. The third kappa shape index (κ3) is 5.53. The first-order valence-corrected chi connectivity index (χ1v) is 21.4. The van der Waals surface area contributed by atoms with Gasteiger partial charge in [-0.05, 0) is 67.4 Å². The lowest BCUT2D eigenvalue weighted by Gasteiger charge is -2.44. The first-order chi connectivity index (χ1) is 18.5. The van der Waals surface area contributed by atoms with Gasteiger partial charge in [0.1, 0.15) is 24.6 Å². The highest BCUT2D eigenvalue weighted by Crippen LogP contribution is 2.47. The molecule has 0 aromatic carbocycles. The Kier molecular flexibility index (Phi) is 8.05. The Labute approximate surface area is 247 Å². The second-order valence-corrected chi connectivity index (χ2v) is 25.2. The maximum Gasteiger partial charge on any atom is 0.192 e. The van der Waals surface area contributed by atoms with Crippen LogP contribution in [0, 0.1) is 11.8 Å². The number of hydrogen-bond acceptors (Lipinski definition) is 7. The third-order valence-electron chi connectivity index (χ3n) is 10.6. The zero-order valence-corrected chi connectivity index (χ0v) is 28.9. The van der Waals surface area contributed by atoms with Crippen molar-refractivity contribution in [1.82, 2.24) is 19.5 Å². The topological polar surface area (TPSA) is 83.3 Å². The second-order valence-electron chi connectivity index (χ2n) is 15.4. The molecule has 1 N–H and O–H groups in total. The standard InChI is InChI=1S/C29H50ClN5O3Si2/c1-28(2,3)39(7,8)37-23-21(15-30)36-27(24(23)38-40(9,10)29(4,5)6)35-17-33-22-25(31-16-32-26(22)35)34-20-14-18-11-12-19(20)13-18/h16-21,23-24,27H,11-15H2,1-10H3,(H,31,32,34)/t18-,19+,20-,21-,23-,24-,27-/m1/s1. The first kappa shape index (κ1) is 30.4. The highest BCUT2D eigenvalue weighted by molar-refractivity contribution is 6.74. The maximum absolute atomic E-state index is 7.17. The zero-order valence-electron chi connectivity index (χ0n) is 26.1. The minimum atomic E-state index is -2.21. The summed E-state index contributed by atoms with van der Waals surface area (Å²) in [5.74, 6) is 2.72. The molecular formula is C29H50ClN5O3Si2. The molecule has 3 fully saturated rings. The number of nitrogens with one attached hydrogen (secondary N) is 1. The SMILES string of the molecule is CC(C)(C)[Si](C)(C)O[C@@H]1[C@H](O[Si](C)(C)C(C)(C)C)[C@@H](CCl)O[C@H]1n1cnc2c(N[C@@H]3C[C@@H]4CC[C@H]3C4)ncnc21. The fraction of sp³-hybridized carbons (Fsp3) is 0.828. The quantitative estimate of drug-likeness (QED) is 0.248. The molecule has 3 heterocycles. The molecule has 3 aliphatic rings. The van der Waals surface area contributed by atoms with Crippen LogP contribution >= 0.6 is 11.6 Å². The molecule has 0 amide bonds. The van der Waals surface area contributed by atoms with Gasteiger partial charge >= 0.3 is 0 Å². The van der Waals surface area contributed by atoms with Gasteiger partial charge in [0.15, 0.2) is 39.8 Å². The molecule has 1 saturated heterocycles. The van der Waals surface area contributed by atoms with Gasteiger partial charge in [0.05, 0.1) is 12.2 Å². The van der Waals surface area contributed by atoms with Crippen LogP contribution in [0.5, 0.6) is 0 Å². The van der Waals surface area contributed by atoms with E-state index in [-0.39, 0.29) is 28.4 Å². The van der Waals surface area contributed by atoms with Gasteiger partial charge in [-0.15, -0.1) is 11.6 Å². The Hall–Kier alpha value is -1.05. The fourth-order valence-corrected chi connectivity index (χ4v) is 8.95. The van der Waals surface area contributed by atoms with E-state index in [0.29, 0.717) is 11.9 Å². The van der Waals surface area contributed by atoms with Gasteiger partial charge in [-0.3, -0.25) is 4.57 Å². The predicted octanol–water partition coefficient (Wildman–Crippen LogP) is 7.34. The highest BCUT2D eigenvalue weighted by Gasteiger charge is 2.54. The number of anilines is 1. The van der Waals surface area contributed by atoms with E-state index in [0.717, 1.165) is 28.8 Å². The molecule has 224 valence electrons. The molecule has 0 spiro atoms. The summed E-state index contributed by atoms with van der Waals surface area (Å²) in [4.78, 5) is 14.1. The maximum atomic E-state index is 7.17. The van der Waals surface area contributed by atoms with Crippen LogP contribution in [0.25, 0.3) is 11.2 Å². The minimum absolute atomic E-state index is 0.0229. The normalized spacial score (nSPS) is 31.4. The van der Waals surface area contributed by atoms with Gasteiger partial charge in [-0.1, -0.05) is 48.0 Å². The number of aromatic nitrogens is 4. The van der Waals surface area contributed by atoms with Gasteiger partial charge in [0, 0.05) is 6.04 Å². The Balaban J connectivity index is 1.51. The molecule has 11 heteroatoms. The van der Waals surface area contributed by atoms with E-state index in [1.807, 2.05) is 10.9 Å². The number of fused-ring (bicyclic) bond motifs is 3. The molecule has 0 unspecified atom stereocenters. The molecule has 0 radical (unpaired) electrons. The van der Waals surface area contributed by atoms with Gasteiger partial charge in [-0.2, -0.15) is 0 Å². The van der Waals surface area contributed by atoms with Crippen molar-refractivity contribution in [2.75, 3.05) is 11.2 Å². The number of ether oxygens (including phenoxy) is 1. The van der Waals surface area contributed by atoms with E-state index < -0.39 is 22.9 Å². The summed E-state index contributed by atoms with van der Waals surface area (Å²) >= 11 is 6.57. The molecule has 1 aliphatic heterocycles.